The monoisotopic (exact) mass is 445 g/mol. The zero-order valence-electron chi connectivity index (χ0n) is 18.1. The number of rotatable bonds is 7. The number of hydrogen-bond acceptors (Lipinski definition) is 7. The first-order chi connectivity index (χ1) is 15.1. The number of carbonyl (C=O) groups excluding carboxylic acids is 2. The van der Waals surface area contributed by atoms with Crippen LogP contribution in [0.15, 0.2) is 24.3 Å². The van der Waals surface area contributed by atoms with Gasteiger partial charge in [-0.1, -0.05) is 19.1 Å². The Balaban J connectivity index is 1.16. The maximum atomic E-state index is 12.5. The topological polar surface area (TPSA) is 78.0 Å². The molecule has 9 heteroatoms. The van der Waals surface area contributed by atoms with Crippen molar-refractivity contribution in [2.45, 2.75) is 12.8 Å². The zero-order chi connectivity index (χ0) is 21.6. The SMILES string of the molecule is CC(CNC(=O)CN1CCN(C(=O)CN2CCOCC2)CC1)c1nc2ccccc2s1. The fraction of sp³-hybridized carbons (Fsp3) is 0.591. The Kier molecular flexibility index (Phi) is 7.49. The van der Waals surface area contributed by atoms with Gasteiger partial charge in [-0.25, -0.2) is 4.98 Å². The van der Waals surface area contributed by atoms with Crippen LogP contribution in [-0.4, -0.2) is 104 Å². The molecular formula is C22H31N5O3S. The number of hydrogen-bond donors (Lipinski definition) is 1. The third kappa shape index (κ3) is 6.00. The second-order valence-electron chi connectivity index (χ2n) is 8.27. The summed E-state index contributed by atoms with van der Waals surface area (Å²) in [6, 6.07) is 8.11. The molecule has 2 saturated heterocycles. The fourth-order valence-electron chi connectivity index (χ4n) is 3.92. The minimum absolute atomic E-state index is 0.0288. The summed E-state index contributed by atoms with van der Waals surface area (Å²) in [4.78, 5) is 35.8. The Bertz CT molecular complexity index is 857. The van der Waals surface area contributed by atoms with Gasteiger partial charge >= 0.3 is 0 Å². The zero-order valence-corrected chi connectivity index (χ0v) is 18.9. The predicted octanol–water partition coefficient (Wildman–Crippen LogP) is 0.992. The van der Waals surface area contributed by atoms with Crippen molar-refractivity contribution in [1.82, 2.24) is 25.0 Å². The molecular weight excluding hydrogens is 414 g/mol. The van der Waals surface area contributed by atoms with Crippen molar-refractivity contribution >= 4 is 33.4 Å². The number of thiazole rings is 1. The molecule has 1 N–H and O–H groups in total. The van der Waals surface area contributed by atoms with Crippen LogP contribution in [0.4, 0.5) is 0 Å². The molecule has 2 aliphatic heterocycles. The maximum absolute atomic E-state index is 12.5. The van der Waals surface area contributed by atoms with E-state index >= 15 is 0 Å². The number of piperazine rings is 1. The van der Waals surface area contributed by atoms with E-state index < -0.39 is 0 Å². The molecule has 2 aromatic rings. The van der Waals surface area contributed by atoms with E-state index in [1.807, 2.05) is 23.1 Å². The molecule has 0 radical (unpaired) electrons. The molecule has 31 heavy (non-hydrogen) atoms. The molecule has 4 rings (SSSR count). The lowest BCUT2D eigenvalue weighted by molar-refractivity contribution is -0.135. The number of carbonyl (C=O) groups is 2. The highest BCUT2D eigenvalue weighted by Gasteiger charge is 2.24. The Labute approximate surface area is 187 Å². The smallest absolute Gasteiger partial charge is 0.236 e. The van der Waals surface area contributed by atoms with Gasteiger partial charge in [0.1, 0.15) is 0 Å². The van der Waals surface area contributed by atoms with Crippen LogP contribution in [0.3, 0.4) is 0 Å². The maximum Gasteiger partial charge on any atom is 0.236 e. The summed E-state index contributed by atoms with van der Waals surface area (Å²) in [5.41, 5.74) is 1.02. The molecule has 1 aromatic carbocycles. The van der Waals surface area contributed by atoms with Crippen LogP contribution in [0, 0.1) is 0 Å². The van der Waals surface area contributed by atoms with Crippen LogP contribution in [0.1, 0.15) is 17.8 Å². The second-order valence-corrected chi connectivity index (χ2v) is 9.33. The summed E-state index contributed by atoms with van der Waals surface area (Å²) >= 11 is 1.69. The highest BCUT2D eigenvalue weighted by atomic mass is 32.1. The average molecular weight is 446 g/mol. The van der Waals surface area contributed by atoms with Gasteiger partial charge in [0.05, 0.1) is 41.5 Å². The largest absolute Gasteiger partial charge is 0.379 e. The third-order valence-electron chi connectivity index (χ3n) is 5.89. The number of morpholine rings is 1. The number of amides is 2. The number of benzene rings is 1. The van der Waals surface area contributed by atoms with E-state index in [1.54, 1.807) is 11.3 Å². The van der Waals surface area contributed by atoms with Crippen molar-refractivity contribution in [3.63, 3.8) is 0 Å². The van der Waals surface area contributed by atoms with Gasteiger partial charge in [0, 0.05) is 51.7 Å². The predicted molar refractivity (Wildman–Crippen MR) is 121 cm³/mol. The highest BCUT2D eigenvalue weighted by Crippen LogP contribution is 2.26. The number of ether oxygens (including phenoxy) is 1. The molecule has 2 amide bonds. The van der Waals surface area contributed by atoms with Crippen molar-refractivity contribution < 1.29 is 14.3 Å². The number of nitrogens with one attached hydrogen (secondary N) is 1. The van der Waals surface area contributed by atoms with E-state index in [0.717, 1.165) is 36.7 Å². The Morgan fingerprint density at radius 1 is 1.06 bits per heavy atom. The molecule has 1 unspecified atom stereocenters. The van der Waals surface area contributed by atoms with Crippen LogP contribution in [0.2, 0.25) is 0 Å². The minimum atomic E-state index is 0.0288. The summed E-state index contributed by atoms with van der Waals surface area (Å²) < 4.78 is 6.51. The summed E-state index contributed by atoms with van der Waals surface area (Å²) in [7, 11) is 0. The van der Waals surface area contributed by atoms with Crippen LogP contribution in [0.25, 0.3) is 10.2 Å². The van der Waals surface area contributed by atoms with E-state index in [2.05, 4.69) is 33.1 Å². The normalized spacial score (nSPS) is 19.5. The van der Waals surface area contributed by atoms with E-state index in [1.165, 1.54) is 4.70 Å². The lowest BCUT2D eigenvalue weighted by Crippen LogP contribution is -2.53. The molecule has 1 atom stereocenters. The van der Waals surface area contributed by atoms with Gasteiger partial charge in [0.25, 0.3) is 0 Å². The molecule has 0 spiro atoms. The Hall–Kier alpha value is -2.07. The first-order valence-corrected chi connectivity index (χ1v) is 11.8. The molecule has 8 nitrogen and oxygen atoms in total. The van der Waals surface area contributed by atoms with Crippen molar-refractivity contribution in [2.75, 3.05) is 72.1 Å². The first kappa shape index (κ1) is 22.1. The third-order valence-corrected chi connectivity index (χ3v) is 7.16. The van der Waals surface area contributed by atoms with Crippen molar-refractivity contribution in [3.05, 3.63) is 29.3 Å². The Morgan fingerprint density at radius 2 is 1.77 bits per heavy atom. The molecule has 1 aromatic heterocycles. The minimum Gasteiger partial charge on any atom is -0.379 e. The van der Waals surface area contributed by atoms with Gasteiger partial charge in [-0.2, -0.15) is 0 Å². The second kappa shape index (κ2) is 10.5. The van der Waals surface area contributed by atoms with Gasteiger partial charge in [-0.15, -0.1) is 11.3 Å². The molecule has 3 heterocycles. The Morgan fingerprint density at radius 3 is 2.52 bits per heavy atom. The number of aromatic nitrogens is 1. The molecule has 168 valence electrons. The summed E-state index contributed by atoms with van der Waals surface area (Å²) in [5, 5.41) is 4.10. The number of para-hydroxylation sites is 1. The quantitative estimate of drug-likeness (QED) is 0.685. The van der Waals surface area contributed by atoms with E-state index in [4.69, 9.17) is 4.74 Å². The highest BCUT2D eigenvalue weighted by molar-refractivity contribution is 7.18. The average Bonchev–Trinajstić information content (AvgIpc) is 3.23. The van der Waals surface area contributed by atoms with Crippen LogP contribution in [0.5, 0.6) is 0 Å². The number of nitrogens with zero attached hydrogens (tertiary/aromatic N) is 4. The fourth-order valence-corrected chi connectivity index (χ4v) is 4.94. The standard InChI is InChI=1S/C22H31N5O3S/c1-17(22-24-18-4-2-3-5-19(18)31-22)14-23-20(28)15-25-6-8-27(9-7-25)21(29)16-26-10-12-30-13-11-26/h2-5,17H,6-16H2,1H3,(H,23,28). The van der Waals surface area contributed by atoms with E-state index in [9.17, 15) is 9.59 Å². The van der Waals surface area contributed by atoms with Gasteiger partial charge in [-0.05, 0) is 12.1 Å². The van der Waals surface area contributed by atoms with Crippen molar-refractivity contribution in [1.29, 1.82) is 0 Å². The van der Waals surface area contributed by atoms with Gasteiger partial charge < -0.3 is 15.0 Å². The van der Waals surface area contributed by atoms with E-state index in [0.29, 0.717) is 45.9 Å². The summed E-state index contributed by atoms with van der Waals surface area (Å²) in [6.07, 6.45) is 0. The van der Waals surface area contributed by atoms with Gasteiger partial charge in [0.15, 0.2) is 0 Å². The molecule has 0 saturated carbocycles. The number of fused-ring (bicyclic) bond motifs is 1. The first-order valence-electron chi connectivity index (χ1n) is 11.0. The summed E-state index contributed by atoms with van der Waals surface area (Å²) in [6.45, 7) is 9.38. The molecule has 0 bridgehead atoms. The van der Waals surface area contributed by atoms with Gasteiger partial charge in [-0.3, -0.25) is 19.4 Å². The van der Waals surface area contributed by atoms with Crippen LogP contribution >= 0.6 is 11.3 Å². The lowest BCUT2D eigenvalue weighted by Gasteiger charge is -2.36. The summed E-state index contributed by atoms with van der Waals surface area (Å²) in [5.74, 6) is 0.382. The lowest BCUT2D eigenvalue weighted by atomic mass is 10.2. The molecule has 2 fully saturated rings. The van der Waals surface area contributed by atoms with Crippen molar-refractivity contribution in [3.8, 4) is 0 Å². The molecule has 0 aliphatic carbocycles. The van der Waals surface area contributed by atoms with E-state index in [-0.39, 0.29) is 17.7 Å². The van der Waals surface area contributed by atoms with Crippen LogP contribution in [-0.2, 0) is 14.3 Å². The van der Waals surface area contributed by atoms with Gasteiger partial charge in [0.2, 0.25) is 11.8 Å². The van der Waals surface area contributed by atoms with Crippen molar-refractivity contribution in [2.24, 2.45) is 0 Å². The van der Waals surface area contributed by atoms with Crippen LogP contribution < -0.4 is 5.32 Å². The molecule has 2 aliphatic rings.